The summed E-state index contributed by atoms with van der Waals surface area (Å²) in [5, 5.41) is 9.47. The number of phenols is 1. The number of hydrogen-bond acceptors (Lipinski definition) is 4. The number of rotatable bonds is 16. The molecule has 0 aliphatic heterocycles. The zero-order valence-electron chi connectivity index (χ0n) is 18.7. The van der Waals surface area contributed by atoms with Gasteiger partial charge in [-0.3, -0.25) is 4.55 Å². The van der Waals surface area contributed by atoms with E-state index in [4.69, 9.17) is 9.29 Å². The number of phenolic OH excluding ortho intramolecular Hbond substituents is 1. The Labute approximate surface area is 194 Å². The van der Waals surface area contributed by atoms with E-state index >= 15 is 0 Å². The fourth-order valence-corrected chi connectivity index (χ4v) is 3.70. The van der Waals surface area contributed by atoms with E-state index < -0.39 is 20.8 Å². The number of aromatic hydroxyl groups is 1. The van der Waals surface area contributed by atoms with Crippen LogP contribution in [-0.2, 0) is 10.1 Å². The molecule has 0 aliphatic carbocycles. The van der Waals surface area contributed by atoms with Gasteiger partial charge in [-0.05, 0) is 18.6 Å². The van der Waals surface area contributed by atoms with Gasteiger partial charge >= 0.3 is 29.6 Å². The number of unbranched alkanes of at least 4 members (excludes halogenated alkanes) is 12. The first kappa shape index (κ1) is 27.7. The fraction of sp³-hybridized carbons (Fsp3) is 0.714. The van der Waals surface area contributed by atoms with Gasteiger partial charge in [-0.1, -0.05) is 84.0 Å². The average molecular weight is 425 g/mol. The van der Waals surface area contributed by atoms with E-state index in [0.717, 1.165) is 18.9 Å². The van der Waals surface area contributed by atoms with Crippen molar-refractivity contribution in [1.82, 2.24) is 0 Å². The van der Waals surface area contributed by atoms with E-state index in [1.54, 1.807) is 0 Å². The molecule has 0 atom stereocenters. The van der Waals surface area contributed by atoms with Crippen molar-refractivity contribution in [2.24, 2.45) is 0 Å². The Hall–Kier alpha value is -0.270. The Morgan fingerprint density at radius 1 is 0.857 bits per heavy atom. The van der Waals surface area contributed by atoms with Gasteiger partial charge in [-0.25, -0.2) is 0 Å². The normalized spacial score (nSPS) is 11.2. The largest absolute Gasteiger partial charge is 1.00 e. The maximum atomic E-state index is 11.1. The van der Waals surface area contributed by atoms with Crippen LogP contribution < -0.4 is 34.3 Å². The molecule has 0 saturated heterocycles. The maximum absolute atomic E-state index is 11.1. The van der Waals surface area contributed by atoms with Crippen molar-refractivity contribution in [3.8, 4) is 11.5 Å². The summed E-state index contributed by atoms with van der Waals surface area (Å²) in [6, 6.07) is 3.85. The number of ether oxygens (including phenoxy) is 1. The van der Waals surface area contributed by atoms with Gasteiger partial charge in [0, 0.05) is 6.07 Å². The Morgan fingerprint density at radius 3 is 1.79 bits per heavy atom. The third-order valence-electron chi connectivity index (χ3n) is 4.73. The minimum absolute atomic E-state index is 0. The minimum atomic E-state index is -4.44. The summed E-state index contributed by atoms with van der Waals surface area (Å²) in [6.45, 7) is 2.74. The summed E-state index contributed by atoms with van der Waals surface area (Å²) in [5.74, 6) is -0.148. The fourth-order valence-electron chi connectivity index (χ4n) is 3.10. The van der Waals surface area contributed by atoms with Crippen LogP contribution in [0.1, 0.15) is 91.8 Å². The third-order valence-corrected chi connectivity index (χ3v) is 5.61. The molecule has 1 rings (SSSR count). The van der Waals surface area contributed by atoms with E-state index in [0.29, 0.717) is 12.4 Å². The van der Waals surface area contributed by atoms with Crippen molar-refractivity contribution >= 4 is 10.1 Å². The molecule has 158 valence electrons. The summed E-state index contributed by atoms with van der Waals surface area (Å²) in [5.41, 5.74) is 0. The molecule has 0 aromatic heterocycles. The van der Waals surface area contributed by atoms with Gasteiger partial charge in [-0.15, -0.1) is 0 Å². The molecule has 1 aromatic rings. The van der Waals surface area contributed by atoms with Crippen molar-refractivity contribution in [2.75, 3.05) is 6.61 Å². The van der Waals surface area contributed by atoms with Crippen molar-refractivity contribution in [2.45, 2.75) is 95.3 Å². The van der Waals surface area contributed by atoms with Crippen LogP contribution in [0.3, 0.4) is 0 Å². The zero-order valence-corrected chi connectivity index (χ0v) is 20.5. The standard InChI is InChI=1S/C21H36O5S.Na.H/c1-2-3-4-5-6-7-8-9-10-11-12-13-14-17-26-19-15-16-20(22)21(18-19)27(23,24)25;;/h15-16,18,22H,2-14,17H2,1H3,(H,23,24,25);;/q;+1;-1. The van der Waals surface area contributed by atoms with Gasteiger partial charge in [0.2, 0.25) is 0 Å². The Balaban J connectivity index is 0. The zero-order chi connectivity index (χ0) is 20.0. The molecule has 1 aromatic carbocycles. The van der Waals surface area contributed by atoms with Crippen LogP contribution in [-0.4, -0.2) is 24.7 Å². The molecule has 0 fully saturated rings. The van der Waals surface area contributed by atoms with Crippen molar-refractivity contribution in [3.63, 3.8) is 0 Å². The maximum Gasteiger partial charge on any atom is 1.00 e. The predicted octanol–water partition coefficient (Wildman–Crippen LogP) is 3.23. The molecule has 0 bridgehead atoms. The SMILES string of the molecule is CCCCCCCCCCCCCCCOc1ccc(O)c(S(=O)(=O)O)c1.[H-].[Na+]. The molecular formula is C21H37NaO5S. The monoisotopic (exact) mass is 424 g/mol. The Bertz CT molecular complexity index is 625. The van der Waals surface area contributed by atoms with Gasteiger partial charge in [0.1, 0.15) is 16.4 Å². The van der Waals surface area contributed by atoms with Gasteiger partial charge < -0.3 is 11.3 Å². The van der Waals surface area contributed by atoms with Crippen LogP contribution in [0.25, 0.3) is 0 Å². The molecule has 7 heteroatoms. The molecule has 0 spiro atoms. The van der Waals surface area contributed by atoms with Crippen LogP contribution in [0.4, 0.5) is 0 Å². The summed E-state index contributed by atoms with van der Waals surface area (Å²) < 4.78 is 36.9. The Morgan fingerprint density at radius 2 is 1.32 bits per heavy atom. The van der Waals surface area contributed by atoms with Gasteiger partial charge in [-0.2, -0.15) is 8.42 Å². The predicted molar refractivity (Wildman–Crippen MR) is 110 cm³/mol. The average Bonchev–Trinajstić information content (AvgIpc) is 2.62. The van der Waals surface area contributed by atoms with E-state index in [1.807, 2.05) is 0 Å². The van der Waals surface area contributed by atoms with Crippen LogP contribution in [0.15, 0.2) is 23.1 Å². The van der Waals surface area contributed by atoms with Crippen molar-refractivity contribution in [1.29, 1.82) is 0 Å². The third kappa shape index (κ3) is 13.0. The van der Waals surface area contributed by atoms with Gasteiger partial charge in [0.15, 0.2) is 0 Å². The molecule has 0 saturated carbocycles. The molecule has 0 aliphatic rings. The van der Waals surface area contributed by atoms with Gasteiger partial charge in [0.25, 0.3) is 10.1 Å². The molecular weight excluding hydrogens is 387 g/mol. The molecule has 28 heavy (non-hydrogen) atoms. The summed E-state index contributed by atoms with van der Waals surface area (Å²) in [4.78, 5) is -0.523. The first-order chi connectivity index (χ1) is 12.9. The molecule has 0 unspecified atom stereocenters. The summed E-state index contributed by atoms with van der Waals surface area (Å²) in [7, 11) is -4.44. The van der Waals surface area contributed by atoms with E-state index in [2.05, 4.69) is 6.92 Å². The van der Waals surface area contributed by atoms with Crippen LogP contribution in [0.5, 0.6) is 11.5 Å². The molecule has 5 nitrogen and oxygen atoms in total. The van der Waals surface area contributed by atoms with Crippen molar-refractivity contribution < 1.29 is 53.8 Å². The van der Waals surface area contributed by atoms with E-state index in [1.165, 1.54) is 82.8 Å². The van der Waals surface area contributed by atoms with E-state index in [9.17, 15) is 13.5 Å². The summed E-state index contributed by atoms with van der Waals surface area (Å²) in [6.07, 6.45) is 16.6. The van der Waals surface area contributed by atoms with E-state index in [-0.39, 0.29) is 31.0 Å². The second kappa shape index (κ2) is 16.5. The molecule has 0 amide bonds. The number of hydrogen-bond donors (Lipinski definition) is 2. The van der Waals surface area contributed by atoms with Crippen LogP contribution in [0, 0.1) is 0 Å². The second-order valence-electron chi connectivity index (χ2n) is 7.20. The molecule has 0 radical (unpaired) electrons. The quantitative estimate of drug-likeness (QED) is 0.242. The van der Waals surface area contributed by atoms with Crippen molar-refractivity contribution in [3.05, 3.63) is 18.2 Å². The summed E-state index contributed by atoms with van der Waals surface area (Å²) >= 11 is 0. The second-order valence-corrected chi connectivity index (χ2v) is 8.59. The number of benzene rings is 1. The molecule has 2 N–H and O–H groups in total. The molecule has 0 heterocycles. The van der Waals surface area contributed by atoms with Crippen LogP contribution >= 0.6 is 0 Å². The Kier molecular flexibility index (Phi) is 16.4. The minimum Gasteiger partial charge on any atom is -1.00 e. The first-order valence-corrected chi connectivity index (χ1v) is 11.8. The smallest absolute Gasteiger partial charge is 1.00 e. The van der Waals surface area contributed by atoms with Crippen LogP contribution in [0.2, 0.25) is 0 Å². The first-order valence-electron chi connectivity index (χ1n) is 10.4. The van der Waals surface area contributed by atoms with Gasteiger partial charge in [0.05, 0.1) is 6.61 Å². The topological polar surface area (TPSA) is 83.8 Å².